The number of anilines is 1. The molecule has 0 radical (unpaired) electrons. The van der Waals surface area contributed by atoms with Gasteiger partial charge in [-0.15, -0.1) is 0 Å². The van der Waals surface area contributed by atoms with Gasteiger partial charge in [-0.2, -0.15) is 0 Å². The molecule has 1 aliphatic rings. The van der Waals surface area contributed by atoms with Gasteiger partial charge < -0.3 is 14.8 Å². The number of hydrogen-bond acceptors (Lipinski definition) is 6. The first-order valence-electron chi connectivity index (χ1n) is 8.70. The van der Waals surface area contributed by atoms with Crippen LogP contribution in [0.15, 0.2) is 42.5 Å². The van der Waals surface area contributed by atoms with Crippen LogP contribution < -0.4 is 14.8 Å². The summed E-state index contributed by atoms with van der Waals surface area (Å²) in [6.45, 7) is 4.20. The van der Waals surface area contributed by atoms with Gasteiger partial charge in [0.05, 0.1) is 11.5 Å². The molecule has 142 valence electrons. The maximum Gasteiger partial charge on any atom is 0.269 e. The molecule has 0 fully saturated rings. The van der Waals surface area contributed by atoms with Crippen LogP contribution in [0.2, 0.25) is 0 Å². The lowest BCUT2D eigenvalue weighted by Gasteiger charge is -2.21. The van der Waals surface area contributed by atoms with E-state index in [9.17, 15) is 14.9 Å². The molecule has 0 saturated carbocycles. The fourth-order valence-electron chi connectivity index (χ4n) is 2.83. The normalized spacial score (nSPS) is 12.7. The molecule has 1 N–H and O–H groups in total. The van der Waals surface area contributed by atoms with Crippen molar-refractivity contribution < 1.29 is 19.2 Å². The second-order valence-electron chi connectivity index (χ2n) is 6.14. The Morgan fingerprint density at radius 2 is 1.96 bits per heavy atom. The van der Waals surface area contributed by atoms with Crippen LogP contribution in [0, 0.1) is 10.1 Å². The standard InChI is InChI=1S/C19H21N3O5/c1-2-21(12-14-4-3-5-16(10-14)22(24)25)13-19(23)20-15-6-7-17-18(11-15)27-9-8-26-17/h3-7,10-11H,2,8-9,12-13H2,1H3,(H,20,23). The molecule has 1 aliphatic heterocycles. The average Bonchev–Trinajstić information content (AvgIpc) is 2.67. The van der Waals surface area contributed by atoms with E-state index in [0.717, 1.165) is 5.56 Å². The minimum absolute atomic E-state index is 0.0456. The molecule has 1 amide bonds. The number of nitro groups is 1. The van der Waals surface area contributed by atoms with Crippen LogP contribution >= 0.6 is 0 Å². The predicted molar refractivity (Wildman–Crippen MR) is 100 cm³/mol. The number of nitrogens with one attached hydrogen (secondary N) is 1. The number of benzene rings is 2. The Hall–Kier alpha value is -3.13. The summed E-state index contributed by atoms with van der Waals surface area (Å²) in [5.74, 6) is 1.11. The number of amides is 1. The largest absolute Gasteiger partial charge is 0.486 e. The topological polar surface area (TPSA) is 93.9 Å². The van der Waals surface area contributed by atoms with E-state index in [4.69, 9.17) is 9.47 Å². The van der Waals surface area contributed by atoms with E-state index in [-0.39, 0.29) is 18.1 Å². The van der Waals surface area contributed by atoms with Gasteiger partial charge in [-0.25, -0.2) is 0 Å². The number of hydrogen-bond donors (Lipinski definition) is 1. The minimum atomic E-state index is -0.422. The van der Waals surface area contributed by atoms with Crippen LogP contribution in [0.1, 0.15) is 12.5 Å². The first kappa shape index (κ1) is 18.7. The third kappa shape index (κ3) is 4.95. The maximum absolute atomic E-state index is 12.4. The number of carbonyl (C=O) groups is 1. The molecule has 2 aromatic carbocycles. The monoisotopic (exact) mass is 371 g/mol. The smallest absolute Gasteiger partial charge is 0.269 e. The molecule has 0 saturated heterocycles. The van der Waals surface area contributed by atoms with E-state index in [1.54, 1.807) is 24.3 Å². The molecule has 0 atom stereocenters. The summed E-state index contributed by atoms with van der Waals surface area (Å²) < 4.78 is 11.0. The molecule has 2 aromatic rings. The van der Waals surface area contributed by atoms with Crippen LogP contribution in [0.3, 0.4) is 0 Å². The first-order valence-corrected chi connectivity index (χ1v) is 8.70. The average molecular weight is 371 g/mol. The highest BCUT2D eigenvalue weighted by Gasteiger charge is 2.15. The quantitative estimate of drug-likeness (QED) is 0.594. The minimum Gasteiger partial charge on any atom is -0.486 e. The highest BCUT2D eigenvalue weighted by molar-refractivity contribution is 5.92. The third-order valence-electron chi connectivity index (χ3n) is 4.17. The van der Waals surface area contributed by atoms with Gasteiger partial charge >= 0.3 is 0 Å². The van der Waals surface area contributed by atoms with Crippen LogP contribution in [0.5, 0.6) is 11.5 Å². The van der Waals surface area contributed by atoms with E-state index in [0.29, 0.717) is 43.5 Å². The lowest BCUT2D eigenvalue weighted by Crippen LogP contribution is -2.32. The summed E-state index contributed by atoms with van der Waals surface area (Å²) in [6.07, 6.45) is 0. The van der Waals surface area contributed by atoms with E-state index in [1.807, 2.05) is 17.9 Å². The summed E-state index contributed by atoms with van der Waals surface area (Å²) >= 11 is 0. The Morgan fingerprint density at radius 1 is 1.19 bits per heavy atom. The van der Waals surface area contributed by atoms with Crippen LogP contribution in [-0.2, 0) is 11.3 Å². The van der Waals surface area contributed by atoms with Crippen LogP contribution in [-0.4, -0.2) is 42.0 Å². The van der Waals surface area contributed by atoms with Crippen LogP contribution in [0.25, 0.3) is 0 Å². The van der Waals surface area contributed by atoms with Crippen molar-refractivity contribution in [2.45, 2.75) is 13.5 Å². The number of fused-ring (bicyclic) bond motifs is 1. The van der Waals surface area contributed by atoms with E-state index < -0.39 is 4.92 Å². The van der Waals surface area contributed by atoms with E-state index >= 15 is 0 Å². The fraction of sp³-hybridized carbons (Fsp3) is 0.316. The lowest BCUT2D eigenvalue weighted by atomic mass is 10.2. The van der Waals surface area contributed by atoms with Gasteiger partial charge in [-0.3, -0.25) is 19.8 Å². The molecule has 27 heavy (non-hydrogen) atoms. The number of nitrogens with zero attached hydrogens (tertiary/aromatic N) is 2. The Kier molecular flexibility index (Phi) is 5.87. The summed E-state index contributed by atoms with van der Waals surface area (Å²) in [6, 6.07) is 11.7. The summed E-state index contributed by atoms with van der Waals surface area (Å²) in [5, 5.41) is 13.7. The molecule has 8 nitrogen and oxygen atoms in total. The molecule has 0 aromatic heterocycles. The lowest BCUT2D eigenvalue weighted by molar-refractivity contribution is -0.384. The molecule has 8 heteroatoms. The van der Waals surface area contributed by atoms with Crippen molar-refractivity contribution in [1.82, 2.24) is 4.90 Å². The second-order valence-corrected chi connectivity index (χ2v) is 6.14. The number of nitro benzene ring substituents is 1. The zero-order valence-electron chi connectivity index (χ0n) is 15.0. The number of likely N-dealkylation sites (N-methyl/N-ethyl adjacent to an activating group) is 1. The van der Waals surface area contributed by atoms with Gasteiger partial charge in [0, 0.05) is 30.4 Å². The Balaban J connectivity index is 1.60. The van der Waals surface area contributed by atoms with Gasteiger partial charge in [0.15, 0.2) is 11.5 Å². The molecule has 0 aliphatic carbocycles. The van der Waals surface area contributed by atoms with Crippen molar-refractivity contribution >= 4 is 17.3 Å². The van der Waals surface area contributed by atoms with Gasteiger partial charge in [0.1, 0.15) is 13.2 Å². The van der Waals surface area contributed by atoms with Gasteiger partial charge in [-0.1, -0.05) is 19.1 Å². The highest BCUT2D eigenvalue weighted by Crippen LogP contribution is 2.32. The second kappa shape index (κ2) is 8.50. The van der Waals surface area contributed by atoms with Crippen LogP contribution in [0.4, 0.5) is 11.4 Å². The number of ether oxygens (including phenoxy) is 2. The first-order chi connectivity index (χ1) is 13.0. The van der Waals surface area contributed by atoms with Crippen molar-refractivity contribution in [3.8, 4) is 11.5 Å². The van der Waals surface area contributed by atoms with E-state index in [1.165, 1.54) is 12.1 Å². The third-order valence-corrected chi connectivity index (χ3v) is 4.17. The van der Waals surface area contributed by atoms with Gasteiger partial charge in [0.25, 0.3) is 5.69 Å². The molecular weight excluding hydrogens is 350 g/mol. The predicted octanol–water partition coefficient (Wildman–Crippen LogP) is 2.83. The van der Waals surface area contributed by atoms with Crippen molar-refractivity contribution in [1.29, 1.82) is 0 Å². The Bertz CT molecular complexity index is 840. The molecule has 0 spiro atoms. The Labute approximate surface area is 156 Å². The zero-order chi connectivity index (χ0) is 19.2. The molecular formula is C19H21N3O5. The van der Waals surface area contributed by atoms with Gasteiger partial charge in [-0.05, 0) is 24.2 Å². The van der Waals surface area contributed by atoms with Crippen molar-refractivity contribution in [2.24, 2.45) is 0 Å². The fourth-order valence-corrected chi connectivity index (χ4v) is 2.83. The molecule has 0 unspecified atom stereocenters. The zero-order valence-corrected chi connectivity index (χ0v) is 15.0. The summed E-state index contributed by atoms with van der Waals surface area (Å²) in [7, 11) is 0. The molecule has 3 rings (SSSR count). The molecule has 0 bridgehead atoms. The van der Waals surface area contributed by atoms with Crippen molar-refractivity contribution in [3.05, 3.63) is 58.1 Å². The summed E-state index contributed by atoms with van der Waals surface area (Å²) in [5.41, 5.74) is 1.47. The van der Waals surface area contributed by atoms with Gasteiger partial charge in [0.2, 0.25) is 5.91 Å². The highest BCUT2D eigenvalue weighted by atomic mass is 16.6. The SMILES string of the molecule is CCN(CC(=O)Nc1ccc2c(c1)OCCO2)Cc1cccc([N+](=O)[O-])c1. The van der Waals surface area contributed by atoms with Crippen molar-refractivity contribution in [2.75, 3.05) is 31.6 Å². The van der Waals surface area contributed by atoms with E-state index in [2.05, 4.69) is 5.32 Å². The molecule has 1 heterocycles. The maximum atomic E-state index is 12.4. The number of non-ortho nitro benzene ring substituents is 1. The number of rotatable bonds is 7. The van der Waals surface area contributed by atoms with Crippen molar-refractivity contribution in [3.63, 3.8) is 0 Å². The summed E-state index contributed by atoms with van der Waals surface area (Å²) in [4.78, 5) is 24.8. The Morgan fingerprint density at radius 3 is 2.70 bits per heavy atom. The number of carbonyl (C=O) groups excluding carboxylic acids is 1.